The Kier molecular flexibility index (Phi) is 9.24. The number of fused-ring (bicyclic) bond motifs is 3. The predicted molar refractivity (Wildman–Crippen MR) is 215 cm³/mol. The molecule has 0 aliphatic heterocycles. The number of nitrogens with zero attached hydrogens (tertiary/aromatic N) is 2. The SMILES string of the molecule is CCC(C)(C)CC1(C(C)(C)CC)c2cc(N(c3ccccc3)c3ccccc3)ccc2-c2ccc(N(c3ccccc3)C3CC=CCC3)cc21. The maximum atomic E-state index is 2.64. The largest absolute Gasteiger partial charge is 0.338 e. The summed E-state index contributed by atoms with van der Waals surface area (Å²) in [5.41, 5.74) is 11.8. The average molecular weight is 659 g/mol. The zero-order valence-electron chi connectivity index (χ0n) is 31.0. The van der Waals surface area contributed by atoms with Gasteiger partial charge in [0.2, 0.25) is 0 Å². The Labute approximate surface area is 301 Å². The fraction of sp³-hybridized carbons (Fsp3) is 0.333. The van der Waals surface area contributed by atoms with Crippen molar-refractivity contribution >= 4 is 28.4 Å². The van der Waals surface area contributed by atoms with Crippen molar-refractivity contribution < 1.29 is 0 Å². The molecule has 2 aliphatic rings. The highest BCUT2D eigenvalue weighted by Gasteiger charge is 2.54. The van der Waals surface area contributed by atoms with Gasteiger partial charge in [0.15, 0.2) is 0 Å². The molecular formula is C48H54N2. The fourth-order valence-corrected chi connectivity index (χ4v) is 8.75. The van der Waals surface area contributed by atoms with E-state index in [1.165, 1.54) is 50.7 Å². The van der Waals surface area contributed by atoms with E-state index >= 15 is 0 Å². The van der Waals surface area contributed by atoms with Gasteiger partial charge in [-0.1, -0.05) is 127 Å². The molecule has 0 spiro atoms. The van der Waals surface area contributed by atoms with Crippen LogP contribution in [0, 0.1) is 10.8 Å². The van der Waals surface area contributed by atoms with Crippen molar-refractivity contribution in [3.05, 3.63) is 151 Å². The smallest absolute Gasteiger partial charge is 0.0465 e. The predicted octanol–water partition coefficient (Wildman–Crippen LogP) is 13.9. The van der Waals surface area contributed by atoms with E-state index in [0.29, 0.717) is 6.04 Å². The average Bonchev–Trinajstić information content (AvgIpc) is 3.42. The number of hydrogen-bond donors (Lipinski definition) is 0. The number of para-hydroxylation sites is 3. The van der Waals surface area contributed by atoms with Crippen LogP contribution >= 0.6 is 0 Å². The molecule has 5 aromatic rings. The van der Waals surface area contributed by atoms with E-state index in [1.54, 1.807) is 0 Å². The number of anilines is 5. The zero-order chi connectivity index (χ0) is 34.9. The van der Waals surface area contributed by atoms with Gasteiger partial charge >= 0.3 is 0 Å². The fourth-order valence-electron chi connectivity index (χ4n) is 8.75. The summed E-state index contributed by atoms with van der Waals surface area (Å²) in [6, 6.07) is 48.0. The molecule has 0 heterocycles. The third-order valence-electron chi connectivity index (χ3n) is 12.2. The molecule has 2 heteroatoms. The van der Waals surface area contributed by atoms with E-state index in [4.69, 9.17) is 0 Å². The molecule has 0 radical (unpaired) electrons. The molecule has 7 rings (SSSR count). The zero-order valence-corrected chi connectivity index (χ0v) is 31.0. The highest BCUT2D eigenvalue weighted by atomic mass is 15.2. The Balaban J connectivity index is 1.48. The van der Waals surface area contributed by atoms with E-state index in [2.05, 4.69) is 191 Å². The van der Waals surface area contributed by atoms with Crippen LogP contribution in [0.4, 0.5) is 28.4 Å². The first kappa shape index (κ1) is 33.9. The molecule has 2 unspecified atom stereocenters. The van der Waals surface area contributed by atoms with Crippen LogP contribution < -0.4 is 9.80 Å². The molecule has 2 aliphatic carbocycles. The molecule has 0 saturated carbocycles. The van der Waals surface area contributed by atoms with Crippen molar-refractivity contribution in [3.63, 3.8) is 0 Å². The summed E-state index contributed by atoms with van der Waals surface area (Å²) < 4.78 is 0. The molecule has 2 atom stereocenters. The monoisotopic (exact) mass is 658 g/mol. The summed E-state index contributed by atoms with van der Waals surface area (Å²) in [5.74, 6) is 0. The Morgan fingerprint density at radius 2 is 1.10 bits per heavy atom. The standard InChI is InChI=1S/C48H54N2/c1-7-46(3,4)35-48(47(5,6)8-2)44-33-40(49(36-21-13-9-14-22-36)37-23-15-10-16-24-37)29-31-42(44)43-32-30-41(34-45(43)48)50(38-25-17-11-18-26-38)39-27-19-12-20-28-39/h9-19,21-26,29-34,39H,7-8,20,27-28,35H2,1-6H3. The lowest BCUT2D eigenvalue weighted by atomic mass is 9.53. The van der Waals surface area contributed by atoms with Crippen LogP contribution in [0.3, 0.4) is 0 Å². The van der Waals surface area contributed by atoms with Gasteiger partial charge in [0.25, 0.3) is 0 Å². The summed E-state index contributed by atoms with van der Waals surface area (Å²) in [4.78, 5) is 5.07. The summed E-state index contributed by atoms with van der Waals surface area (Å²) in [6.45, 7) is 14.8. The molecule has 0 N–H and O–H groups in total. The lowest BCUT2D eigenvalue weighted by molar-refractivity contribution is 0.125. The maximum absolute atomic E-state index is 2.64. The summed E-state index contributed by atoms with van der Waals surface area (Å²) in [5, 5.41) is 0. The van der Waals surface area contributed by atoms with Crippen molar-refractivity contribution in [2.24, 2.45) is 10.8 Å². The second-order valence-electron chi connectivity index (χ2n) is 15.9. The normalized spacial score (nSPS) is 18.4. The molecule has 0 fully saturated rings. The number of hydrogen-bond acceptors (Lipinski definition) is 2. The lowest BCUT2D eigenvalue weighted by Crippen LogP contribution is -2.44. The van der Waals surface area contributed by atoms with Crippen LogP contribution in [0.2, 0.25) is 0 Å². The van der Waals surface area contributed by atoms with E-state index < -0.39 is 0 Å². The first-order valence-electron chi connectivity index (χ1n) is 18.9. The van der Waals surface area contributed by atoms with E-state index in [0.717, 1.165) is 38.5 Å². The third kappa shape index (κ3) is 5.97. The number of benzene rings is 5. The second-order valence-corrected chi connectivity index (χ2v) is 15.9. The molecule has 0 aromatic heterocycles. The minimum atomic E-state index is -0.189. The highest BCUT2D eigenvalue weighted by molar-refractivity contribution is 5.88. The third-order valence-corrected chi connectivity index (χ3v) is 12.2. The summed E-state index contributed by atoms with van der Waals surface area (Å²) >= 11 is 0. The van der Waals surface area contributed by atoms with Gasteiger partial charge in [-0.05, 0) is 126 Å². The molecule has 2 nitrogen and oxygen atoms in total. The lowest BCUT2D eigenvalue weighted by Gasteiger charge is -2.50. The first-order valence-corrected chi connectivity index (χ1v) is 18.9. The van der Waals surface area contributed by atoms with Gasteiger partial charge < -0.3 is 9.80 Å². The van der Waals surface area contributed by atoms with Crippen LogP contribution in [-0.4, -0.2) is 6.04 Å². The van der Waals surface area contributed by atoms with Gasteiger partial charge in [-0.3, -0.25) is 0 Å². The number of rotatable bonds is 11. The molecular weight excluding hydrogens is 605 g/mol. The van der Waals surface area contributed by atoms with Crippen LogP contribution in [-0.2, 0) is 5.41 Å². The van der Waals surface area contributed by atoms with Crippen molar-refractivity contribution in [2.45, 2.75) is 91.5 Å². The Bertz CT molecular complexity index is 1900. The molecule has 0 amide bonds. The molecule has 5 aromatic carbocycles. The minimum absolute atomic E-state index is 0.00777. The Morgan fingerprint density at radius 3 is 1.60 bits per heavy atom. The molecule has 0 saturated heterocycles. The van der Waals surface area contributed by atoms with E-state index in [9.17, 15) is 0 Å². The van der Waals surface area contributed by atoms with Gasteiger partial charge in [-0.25, -0.2) is 0 Å². The topological polar surface area (TPSA) is 6.48 Å². The van der Waals surface area contributed by atoms with E-state index in [1.807, 2.05) is 0 Å². The van der Waals surface area contributed by atoms with Gasteiger partial charge in [0.05, 0.1) is 0 Å². The van der Waals surface area contributed by atoms with Crippen LogP contribution in [0.15, 0.2) is 140 Å². The molecule has 50 heavy (non-hydrogen) atoms. The van der Waals surface area contributed by atoms with Crippen LogP contribution in [0.25, 0.3) is 11.1 Å². The quantitative estimate of drug-likeness (QED) is 0.130. The minimum Gasteiger partial charge on any atom is -0.338 e. The number of allylic oxidation sites excluding steroid dienone is 1. The van der Waals surface area contributed by atoms with Gasteiger partial charge in [0.1, 0.15) is 0 Å². The van der Waals surface area contributed by atoms with Gasteiger partial charge in [-0.15, -0.1) is 0 Å². The van der Waals surface area contributed by atoms with Crippen molar-refractivity contribution in [1.82, 2.24) is 0 Å². The van der Waals surface area contributed by atoms with Gasteiger partial charge in [-0.2, -0.15) is 0 Å². The van der Waals surface area contributed by atoms with Gasteiger partial charge in [0, 0.05) is 39.9 Å². The van der Waals surface area contributed by atoms with Crippen LogP contribution in [0.5, 0.6) is 0 Å². The molecule has 0 bridgehead atoms. The Hall–Kier alpha value is -4.56. The van der Waals surface area contributed by atoms with Crippen molar-refractivity contribution in [2.75, 3.05) is 9.80 Å². The van der Waals surface area contributed by atoms with Crippen LogP contribution in [0.1, 0.15) is 91.2 Å². The maximum Gasteiger partial charge on any atom is 0.0465 e. The van der Waals surface area contributed by atoms with Crippen molar-refractivity contribution in [1.29, 1.82) is 0 Å². The molecule has 256 valence electrons. The van der Waals surface area contributed by atoms with E-state index in [-0.39, 0.29) is 16.2 Å². The first-order chi connectivity index (χ1) is 24.2. The summed E-state index contributed by atoms with van der Waals surface area (Å²) in [7, 11) is 0. The Morgan fingerprint density at radius 1 is 0.580 bits per heavy atom. The van der Waals surface area contributed by atoms with Crippen molar-refractivity contribution in [3.8, 4) is 11.1 Å². The second kappa shape index (κ2) is 13.6. The highest BCUT2D eigenvalue weighted by Crippen LogP contribution is 2.64. The summed E-state index contributed by atoms with van der Waals surface area (Å²) in [6.07, 6.45) is 11.4.